The Hall–Kier alpha value is -2.18. The van der Waals surface area contributed by atoms with Crippen molar-refractivity contribution < 1.29 is 9.59 Å². The fraction of sp³-hybridized carbons (Fsp3) is 0.167. The minimum Gasteiger partial charge on any atom is -0.325 e. The van der Waals surface area contributed by atoms with Gasteiger partial charge < -0.3 is 5.32 Å². The van der Waals surface area contributed by atoms with Crippen molar-refractivity contribution in [1.82, 2.24) is 4.98 Å². The largest absolute Gasteiger partial charge is 0.325 e. The average Bonchev–Trinajstić information content (AvgIpc) is 2.97. The number of fused-ring (bicyclic) bond motifs is 1. The van der Waals surface area contributed by atoms with Crippen LogP contribution in [0.1, 0.15) is 24.2 Å². The highest BCUT2D eigenvalue weighted by Crippen LogP contribution is 2.32. The number of rotatable bonds is 5. The van der Waals surface area contributed by atoms with Crippen molar-refractivity contribution in [3.8, 4) is 0 Å². The Balaban J connectivity index is 1.68. The Morgan fingerprint density at radius 1 is 1.17 bits per heavy atom. The molecule has 1 unspecified atom stereocenters. The van der Waals surface area contributed by atoms with Crippen molar-refractivity contribution in [2.24, 2.45) is 0 Å². The van der Waals surface area contributed by atoms with Gasteiger partial charge in [0.25, 0.3) is 0 Å². The number of anilines is 1. The maximum Gasteiger partial charge on any atom is 0.237 e. The van der Waals surface area contributed by atoms with Gasteiger partial charge in [0.15, 0.2) is 10.1 Å². The van der Waals surface area contributed by atoms with Crippen LogP contribution in [0.4, 0.5) is 5.69 Å². The number of thiazole rings is 1. The van der Waals surface area contributed by atoms with Crippen LogP contribution in [-0.2, 0) is 4.79 Å². The standard InChI is InChI=1S/C18H16N2O2S2/c1-11(21)13-6-5-7-14(10-13)19-17(22)12(2)23-18-20-15-8-3-4-9-16(15)24-18/h3-10,12H,1-2H3,(H,19,22). The van der Waals surface area contributed by atoms with Crippen molar-refractivity contribution in [2.75, 3.05) is 5.32 Å². The molecule has 0 radical (unpaired) electrons. The molecular weight excluding hydrogens is 340 g/mol. The third-order valence-electron chi connectivity index (χ3n) is 3.46. The molecule has 122 valence electrons. The first-order chi connectivity index (χ1) is 11.5. The van der Waals surface area contributed by atoms with E-state index >= 15 is 0 Å². The summed E-state index contributed by atoms with van der Waals surface area (Å²) in [7, 11) is 0. The average molecular weight is 356 g/mol. The van der Waals surface area contributed by atoms with Gasteiger partial charge in [-0.2, -0.15) is 0 Å². The van der Waals surface area contributed by atoms with E-state index in [-0.39, 0.29) is 16.9 Å². The van der Waals surface area contributed by atoms with E-state index in [1.165, 1.54) is 18.7 Å². The van der Waals surface area contributed by atoms with E-state index in [4.69, 9.17) is 0 Å². The van der Waals surface area contributed by atoms with Crippen molar-refractivity contribution in [1.29, 1.82) is 0 Å². The molecule has 1 aromatic heterocycles. The molecule has 0 bridgehead atoms. The summed E-state index contributed by atoms with van der Waals surface area (Å²) in [5, 5.41) is 2.57. The molecular formula is C18H16N2O2S2. The van der Waals surface area contributed by atoms with Crippen LogP contribution in [0.15, 0.2) is 52.9 Å². The minimum atomic E-state index is -0.286. The molecule has 0 fully saturated rings. The fourth-order valence-corrected chi connectivity index (χ4v) is 4.38. The predicted octanol–water partition coefficient (Wildman–Crippen LogP) is 4.62. The second-order valence-corrected chi connectivity index (χ2v) is 7.95. The highest BCUT2D eigenvalue weighted by Gasteiger charge is 2.17. The summed E-state index contributed by atoms with van der Waals surface area (Å²) >= 11 is 3.02. The second kappa shape index (κ2) is 7.15. The number of nitrogens with one attached hydrogen (secondary N) is 1. The number of aromatic nitrogens is 1. The SMILES string of the molecule is CC(=O)c1cccc(NC(=O)C(C)Sc2nc3ccccc3s2)c1. The number of nitrogens with zero attached hydrogens (tertiary/aromatic N) is 1. The molecule has 1 amide bonds. The Morgan fingerprint density at radius 2 is 1.96 bits per heavy atom. The van der Waals surface area contributed by atoms with E-state index in [1.54, 1.807) is 35.6 Å². The van der Waals surface area contributed by atoms with Gasteiger partial charge in [-0.3, -0.25) is 9.59 Å². The number of benzene rings is 2. The van der Waals surface area contributed by atoms with Crippen LogP contribution in [0.5, 0.6) is 0 Å². The van der Waals surface area contributed by atoms with Crippen molar-refractivity contribution in [3.05, 3.63) is 54.1 Å². The van der Waals surface area contributed by atoms with Gasteiger partial charge in [0, 0.05) is 11.3 Å². The molecule has 1 atom stereocenters. The number of hydrogen-bond acceptors (Lipinski definition) is 5. The van der Waals surface area contributed by atoms with Gasteiger partial charge in [-0.15, -0.1) is 11.3 Å². The Morgan fingerprint density at radius 3 is 2.71 bits per heavy atom. The number of thioether (sulfide) groups is 1. The number of hydrogen-bond donors (Lipinski definition) is 1. The monoisotopic (exact) mass is 356 g/mol. The molecule has 0 aliphatic rings. The van der Waals surface area contributed by atoms with Gasteiger partial charge in [-0.25, -0.2) is 4.98 Å². The lowest BCUT2D eigenvalue weighted by Crippen LogP contribution is -2.22. The third kappa shape index (κ3) is 3.83. The summed E-state index contributed by atoms with van der Waals surface area (Å²) in [6, 6.07) is 14.9. The molecule has 1 heterocycles. The zero-order valence-corrected chi connectivity index (χ0v) is 14.9. The molecule has 0 aliphatic carbocycles. The van der Waals surface area contributed by atoms with E-state index in [0.29, 0.717) is 11.3 Å². The topological polar surface area (TPSA) is 59.1 Å². The van der Waals surface area contributed by atoms with Crippen LogP contribution in [0, 0.1) is 0 Å². The number of Topliss-reactive ketones (excluding diaryl/α,β-unsaturated/α-hetero) is 1. The van der Waals surface area contributed by atoms with Crippen LogP contribution in [0.25, 0.3) is 10.2 Å². The molecule has 2 aromatic carbocycles. The van der Waals surface area contributed by atoms with Crippen molar-refractivity contribution >= 4 is 50.7 Å². The van der Waals surface area contributed by atoms with E-state index in [0.717, 1.165) is 14.6 Å². The van der Waals surface area contributed by atoms with E-state index in [9.17, 15) is 9.59 Å². The molecule has 0 spiro atoms. The number of carbonyl (C=O) groups is 2. The molecule has 1 N–H and O–H groups in total. The van der Waals surface area contributed by atoms with E-state index in [1.807, 2.05) is 31.2 Å². The third-order valence-corrected chi connectivity index (χ3v) is 5.69. The van der Waals surface area contributed by atoms with Crippen LogP contribution in [0.3, 0.4) is 0 Å². The first-order valence-electron chi connectivity index (χ1n) is 7.47. The summed E-state index contributed by atoms with van der Waals surface area (Å²) < 4.78 is 1.98. The van der Waals surface area contributed by atoms with Crippen LogP contribution < -0.4 is 5.32 Å². The Kier molecular flexibility index (Phi) is 4.97. The molecule has 0 aliphatic heterocycles. The zero-order valence-electron chi connectivity index (χ0n) is 13.3. The number of para-hydroxylation sites is 1. The number of ketones is 1. The van der Waals surface area contributed by atoms with Crippen LogP contribution in [0.2, 0.25) is 0 Å². The molecule has 6 heteroatoms. The van der Waals surface area contributed by atoms with Crippen LogP contribution in [-0.4, -0.2) is 21.9 Å². The molecule has 4 nitrogen and oxygen atoms in total. The summed E-state index contributed by atoms with van der Waals surface area (Å²) in [6.45, 7) is 3.35. The fourth-order valence-electron chi connectivity index (χ4n) is 2.17. The van der Waals surface area contributed by atoms with Gasteiger partial charge in [-0.1, -0.05) is 36.0 Å². The normalized spacial score (nSPS) is 12.1. The molecule has 3 aromatic rings. The predicted molar refractivity (Wildman–Crippen MR) is 100 cm³/mol. The lowest BCUT2D eigenvalue weighted by Gasteiger charge is -2.11. The highest BCUT2D eigenvalue weighted by atomic mass is 32.2. The number of carbonyl (C=O) groups excluding carboxylic acids is 2. The number of amides is 1. The van der Waals surface area contributed by atoms with Gasteiger partial charge in [0.05, 0.1) is 15.5 Å². The summed E-state index contributed by atoms with van der Waals surface area (Å²) in [5.74, 6) is -0.136. The van der Waals surface area contributed by atoms with Gasteiger partial charge in [-0.05, 0) is 38.1 Å². The lowest BCUT2D eigenvalue weighted by atomic mass is 10.1. The maximum atomic E-state index is 12.4. The van der Waals surface area contributed by atoms with E-state index in [2.05, 4.69) is 10.3 Å². The van der Waals surface area contributed by atoms with Crippen LogP contribution >= 0.6 is 23.1 Å². The van der Waals surface area contributed by atoms with Gasteiger partial charge in [0.2, 0.25) is 5.91 Å². The Bertz CT molecular complexity index is 872. The quantitative estimate of drug-likeness (QED) is 0.535. The van der Waals surface area contributed by atoms with Gasteiger partial charge in [0.1, 0.15) is 0 Å². The zero-order chi connectivity index (χ0) is 17.1. The van der Waals surface area contributed by atoms with Gasteiger partial charge >= 0.3 is 0 Å². The maximum absolute atomic E-state index is 12.4. The van der Waals surface area contributed by atoms with E-state index < -0.39 is 0 Å². The smallest absolute Gasteiger partial charge is 0.237 e. The van der Waals surface area contributed by atoms with Crippen molar-refractivity contribution in [2.45, 2.75) is 23.4 Å². The first kappa shape index (κ1) is 16.7. The summed E-state index contributed by atoms with van der Waals surface area (Å²) in [6.07, 6.45) is 0. The lowest BCUT2D eigenvalue weighted by molar-refractivity contribution is -0.115. The molecule has 0 saturated heterocycles. The first-order valence-corrected chi connectivity index (χ1v) is 9.16. The Labute approximate surface area is 148 Å². The molecule has 3 rings (SSSR count). The summed E-state index contributed by atoms with van der Waals surface area (Å²) in [5.41, 5.74) is 2.16. The molecule has 0 saturated carbocycles. The minimum absolute atomic E-state index is 0.0250. The molecule has 24 heavy (non-hydrogen) atoms. The second-order valence-electron chi connectivity index (χ2n) is 5.33. The van der Waals surface area contributed by atoms with Crippen molar-refractivity contribution in [3.63, 3.8) is 0 Å². The summed E-state index contributed by atoms with van der Waals surface area (Å²) in [4.78, 5) is 28.3. The highest BCUT2D eigenvalue weighted by molar-refractivity contribution is 8.02.